The van der Waals surface area contributed by atoms with Crippen molar-refractivity contribution >= 4 is 99.2 Å². The van der Waals surface area contributed by atoms with Crippen LogP contribution in [0.2, 0.25) is 0 Å². The van der Waals surface area contributed by atoms with Crippen LogP contribution in [0.25, 0.3) is 0 Å². The van der Waals surface area contributed by atoms with Gasteiger partial charge in [0.2, 0.25) is 0 Å². The van der Waals surface area contributed by atoms with Gasteiger partial charge in [-0.15, -0.1) is 23.5 Å². The van der Waals surface area contributed by atoms with Crippen LogP contribution in [0.1, 0.15) is 19.8 Å². The van der Waals surface area contributed by atoms with Crippen molar-refractivity contribution in [3.05, 3.63) is 0 Å². The van der Waals surface area contributed by atoms with Crippen molar-refractivity contribution in [1.29, 1.82) is 0 Å². The quantitative estimate of drug-likeness (QED) is 0.0609. The SMILES string of the molecule is CCSCSCSCCSC(=O)CCSCSCSCCCOOCCSCCO. The first-order valence-corrected chi connectivity index (χ1v) is 18.9. The summed E-state index contributed by atoms with van der Waals surface area (Å²) in [5.41, 5.74) is 0. The smallest absolute Gasteiger partial charge is 0.189 e. The summed E-state index contributed by atoms with van der Waals surface area (Å²) in [6, 6.07) is 0. The molecule has 0 fully saturated rings. The minimum Gasteiger partial charge on any atom is -0.396 e. The normalized spacial score (nSPS) is 11.3. The largest absolute Gasteiger partial charge is 0.396 e. The van der Waals surface area contributed by atoms with Gasteiger partial charge in [-0.2, -0.15) is 58.8 Å². The maximum absolute atomic E-state index is 11.9. The molecule has 0 spiro atoms. The fourth-order valence-corrected chi connectivity index (χ4v) is 9.92. The number of carbonyl (C=O) groups excluding carboxylic acids is 1. The summed E-state index contributed by atoms with van der Waals surface area (Å²) in [5.74, 6) is 6.81. The Morgan fingerprint density at radius 1 is 0.700 bits per heavy atom. The van der Waals surface area contributed by atoms with E-state index in [9.17, 15) is 4.79 Å². The van der Waals surface area contributed by atoms with Gasteiger partial charge < -0.3 is 5.11 Å². The van der Waals surface area contributed by atoms with E-state index in [1.807, 2.05) is 70.6 Å². The van der Waals surface area contributed by atoms with Gasteiger partial charge in [0.15, 0.2) is 5.12 Å². The second kappa shape index (κ2) is 29.4. The second-order valence-electron chi connectivity index (χ2n) is 5.40. The number of aliphatic hydroxyl groups excluding tert-OH is 1. The molecule has 0 bridgehead atoms. The highest BCUT2D eigenvalue weighted by Crippen LogP contribution is 2.21. The van der Waals surface area contributed by atoms with E-state index in [1.54, 1.807) is 11.8 Å². The maximum Gasteiger partial charge on any atom is 0.189 e. The molecular weight excluding hydrogens is 537 g/mol. The van der Waals surface area contributed by atoms with Gasteiger partial charge >= 0.3 is 0 Å². The van der Waals surface area contributed by atoms with E-state index in [0.717, 1.165) is 56.2 Å². The summed E-state index contributed by atoms with van der Waals surface area (Å²) in [4.78, 5) is 22.0. The molecule has 0 rings (SSSR count). The molecule has 0 heterocycles. The molecule has 0 aromatic rings. The number of thioether (sulfide) groups is 8. The highest BCUT2D eigenvalue weighted by molar-refractivity contribution is 8.23. The van der Waals surface area contributed by atoms with Gasteiger partial charge in [-0.05, 0) is 17.9 Å². The van der Waals surface area contributed by atoms with Gasteiger partial charge in [0.25, 0.3) is 0 Å². The molecule has 1 N–H and O–H groups in total. The molecule has 0 aliphatic heterocycles. The zero-order chi connectivity index (χ0) is 22.0. The Morgan fingerprint density at radius 3 is 2.10 bits per heavy atom. The molecule has 0 aromatic heterocycles. The van der Waals surface area contributed by atoms with E-state index in [0.29, 0.717) is 24.7 Å². The van der Waals surface area contributed by atoms with Crippen LogP contribution in [0.15, 0.2) is 0 Å². The van der Waals surface area contributed by atoms with Crippen molar-refractivity contribution in [3.8, 4) is 0 Å². The Kier molecular flexibility index (Phi) is 31.7. The standard InChI is InChI=1S/C18H36O4S8/c1-2-23-14-28-17-27-12-13-30-18(20)4-9-26-16-29-15-25-8-3-6-21-22-7-11-24-10-5-19/h19H,2-17H2,1H3. The average Bonchev–Trinajstić information content (AvgIpc) is 2.75. The number of hydrogen-bond donors (Lipinski definition) is 1. The molecule has 0 aliphatic carbocycles. The minimum atomic E-state index is 0.216. The monoisotopic (exact) mass is 572 g/mol. The number of hydrogen-bond acceptors (Lipinski definition) is 12. The highest BCUT2D eigenvalue weighted by atomic mass is 32.2. The Balaban J connectivity index is 3.12. The highest BCUT2D eigenvalue weighted by Gasteiger charge is 2.03. The fraction of sp³-hybridized carbons (Fsp3) is 0.944. The van der Waals surface area contributed by atoms with Crippen LogP contribution in [-0.2, 0) is 14.6 Å². The first-order valence-electron chi connectivity index (χ1n) is 9.86. The van der Waals surface area contributed by atoms with Gasteiger partial charge in [-0.25, -0.2) is 9.78 Å². The fourth-order valence-electron chi connectivity index (χ4n) is 1.60. The molecule has 4 nitrogen and oxygen atoms in total. The van der Waals surface area contributed by atoms with E-state index >= 15 is 0 Å². The van der Waals surface area contributed by atoms with Crippen LogP contribution in [-0.4, -0.2) is 90.7 Å². The topological polar surface area (TPSA) is 55.8 Å². The van der Waals surface area contributed by atoms with Crippen LogP contribution in [0.4, 0.5) is 0 Å². The van der Waals surface area contributed by atoms with Gasteiger partial charge in [-0.1, -0.05) is 18.7 Å². The Morgan fingerprint density at radius 2 is 1.37 bits per heavy atom. The zero-order valence-corrected chi connectivity index (χ0v) is 24.3. The van der Waals surface area contributed by atoms with Crippen LogP contribution < -0.4 is 0 Å². The lowest BCUT2D eigenvalue weighted by atomic mass is 10.5. The molecule has 0 atom stereocenters. The van der Waals surface area contributed by atoms with E-state index in [-0.39, 0.29) is 6.61 Å². The van der Waals surface area contributed by atoms with Crippen molar-refractivity contribution in [2.45, 2.75) is 19.8 Å². The zero-order valence-electron chi connectivity index (χ0n) is 17.8. The van der Waals surface area contributed by atoms with Crippen LogP contribution in [0.3, 0.4) is 0 Å². The minimum absolute atomic E-state index is 0.216. The van der Waals surface area contributed by atoms with Crippen molar-refractivity contribution in [2.24, 2.45) is 0 Å². The third-order valence-electron chi connectivity index (χ3n) is 2.96. The Labute approximate surface area is 217 Å². The summed E-state index contributed by atoms with van der Waals surface area (Å²) in [6.45, 7) is 3.61. The first kappa shape index (κ1) is 32.4. The summed E-state index contributed by atoms with van der Waals surface area (Å²) in [6.07, 6.45) is 1.67. The predicted octanol–water partition coefficient (Wildman–Crippen LogP) is 5.95. The van der Waals surface area contributed by atoms with Gasteiger partial charge in [-0.3, -0.25) is 4.79 Å². The van der Waals surface area contributed by atoms with Crippen molar-refractivity contribution in [1.82, 2.24) is 0 Å². The number of carbonyl (C=O) groups is 1. The molecule has 180 valence electrons. The second-order valence-corrected chi connectivity index (χ2v) is 15.8. The van der Waals surface area contributed by atoms with E-state index in [4.69, 9.17) is 14.9 Å². The molecular formula is C18H36O4S8. The molecule has 0 unspecified atom stereocenters. The van der Waals surface area contributed by atoms with Gasteiger partial charge in [0, 0.05) is 55.5 Å². The first-order chi connectivity index (χ1) is 14.8. The van der Waals surface area contributed by atoms with Crippen molar-refractivity contribution in [3.63, 3.8) is 0 Å². The molecule has 0 aliphatic rings. The lowest BCUT2D eigenvalue weighted by Gasteiger charge is -2.04. The van der Waals surface area contributed by atoms with Crippen LogP contribution in [0.5, 0.6) is 0 Å². The summed E-state index contributed by atoms with van der Waals surface area (Å²) in [5, 5.41) is 13.4. The van der Waals surface area contributed by atoms with Gasteiger partial charge in [0.05, 0.1) is 19.8 Å². The lowest BCUT2D eigenvalue weighted by molar-refractivity contribution is -0.289. The lowest BCUT2D eigenvalue weighted by Crippen LogP contribution is -2.02. The number of aliphatic hydroxyl groups is 1. The summed E-state index contributed by atoms with van der Waals surface area (Å²) in [7, 11) is 0. The molecule has 0 saturated heterocycles. The molecule has 30 heavy (non-hydrogen) atoms. The molecule has 12 heteroatoms. The maximum atomic E-state index is 11.9. The van der Waals surface area contributed by atoms with E-state index in [2.05, 4.69) is 6.92 Å². The van der Waals surface area contributed by atoms with Crippen molar-refractivity contribution < 1.29 is 19.7 Å². The van der Waals surface area contributed by atoms with E-state index < -0.39 is 0 Å². The molecule has 0 amide bonds. The summed E-state index contributed by atoms with van der Waals surface area (Å²) >= 11 is 14.7. The van der Waals surface area contributed by atoms with Crippen LogP contribution >= 0.6 is 94.1 Å². The molecule has 0 saturated carbocycles. The van der Waals surface area contributed by atoms with Crippen LogP contribution in [0, 0.1) is 0 Å². The van der Waals surface area contributed by atoms with E-state index in [1.165, 1.54) is 22.6 Å². The van der Waals surface area contributed by atoms with Crippen molar-refractivity contribution in [2.75, 3.05) is 80.4 Å². The summed E-state index contributed by atoms with van der Waals surface area (Å²) < 4.78 is 0. The van der Waals surface area contributed by atoms with Gasteiger partial charge in [0.1, 0.15) is 0 Å². The third kappa shape index (κ3) is 28.4. The average molecular weight is 573 g/mol. The molecule has 0 aromatic carbocycles. The molecule has 0 radical (unpaired) electrons. The predicted molar refractivity (Wildman–Crippen MR) is 153 cm³/mol. The number of rotatable bonds is 25. The Hall–Kier alpha value is 2.35. The third-order valence-corrected chi connectivity index (χ3v) is 12.4. The Bertz CT molecular complexity index is 356.